The van der Waals surface area contributed by atoms with Gasteiger partial charge in [0.05, 0.1) is 18.6 Å². The number of nitrogens with zero attached hydrogens (tertiary/aromatic N) is 1. The average Bonchev–Trinajstić information content (AvgIpc) is 2.45. The Bertz CT molecular complexity index is 506. The Balaban J connectivity index is 2.85. The van der Waals surface area contributed by atoms with E-state index in [-0.39, 0.29) is 18.9 Å². The molecule has 0 fully saturated rings. The van der Waals surface area contributed by atoms with Gasteiger partial charge < -0.3 is 19.5 Å². The molecule has 7 heteroatoms. The molecule has 1 N–H and O–H groups in total. The Labute approximate surface area is 128 Å². The van der Waals surface area contributed by atoms with Gasteiger partial charge in [-0.1, -0.05) is 11.6 Å². The van der Waals surface area contributed by atoms with Crippen molar-refractivity contribution in [2.45, 2.75) is 6.42 Å². The van der Waals surface area contributed by atoms with Gasteiger partial charge in [-0.3, -0.25) is 9.59 Å². The highest BCUT2D eigenvalue weighted by atomic mass is 35.5. The van der Waals surface area contributed by atoms with E-state index in [2.05, 4.69) is 0 Å². The predicted molar refractivity (Wildman–Crippen MR) is 78.0 cm³/mol. The molecule has 0 saturated heterocycles. The first-order valence-corrected chi connectivity index (χ1v) is 6.72. The maximum absolute atomic E-state index is 12.3. The number of amides is 1. The van der Waals surface area contributed by atoms with Gasteiger partial charge in [0, 0.05) is 25.7 Å². The van der Waals surface area contributed by atoms with Crippen LogP contribution in [0.2, 0.25) is 5.02 Å². The van der Waals surface area contributed by atoms with Gasteiger partial charge in [-0.05, 0) is 18.2 Å². The molecule has 0 aliphatic carbocycles. The Kier molecular flexibility index (Phi) is 6.98. The number of carbonyl (C=O) groups is 2. The van der Waals surface area contributed by atoms with Crippen LogP contribution in [0.1, 0.15) is 16.8 Å². The molecule has 1 aromatic rings. The summed E-state index contributed by atoms with van der Waals surface area (Å²) in [6.07, 6.45) is -0.122. The zero-order valence-corrected chi connectivity index (χ0v) is 12.7. The summed E-state index contributed by atoms with van der Waals surface area (Å²) in [6, 6.07) is 4.73. The van der Waals surface area contributed by atoms with Crippen molar-refractivity contribution in [2.24, 2.45) is 0 Å². The van der Waals surface area contributed by atoms with E-state index in [9.17, 15) is 9.59 Å². The normalized spacial score (nSPS) is 10.2. The van der Waals surface area contributed by atoms with Crippen molar-refractivity contribution in [3.05, 3.63) is 28.8 Å². The fourth-order valence-electron chi connectivity index (χ4n) is 1.60. The molecule has 1 rings (SSSR count). The molecule has 1 aromatic carbocycles. The van der Waals surface area contributed by atoms with Crippen LogP contribution >= 0.6 is 11.6 Å². The van der Waals surface area contributed by atoms with Crippen LogP contribution in [0.15, 0.2) is 18.2 Å². The molecule has 0 bridgehead atoms. The van der Waals surface area contributed by atoms with Gasteiger partial charge in [0.15, 0.2) is 0 Å². The summed E-state index contributed by atoms with van der Waals surface area (Å²) < 4.78 is 10.4. The first-order valence-electron chi connectivity index (χ1n) is 6.34. The Morgan fingerprint density at radius 2 is 2.05 bits per heavy atom. The van der Waals surface area contributed by atoms with E-state index < -0.39 is 5.97 Å². The van der Waals surface area contributed by atoms with Crippen LogP contribution in [0, 0.1) is 0 Å². The van der Waals surface area contributed by atoms with Crippen LogP contribution in [-0.2, 0) is 9.53 Å². The van der Waals surface area contributed by atoms with E-state index in [1.165, 1.54) is 18.0 Å². The van der Waals surface area contributed by atoms with Gasteiger partial charge in [-0.2, -0.15) is 0 Å². The highest BCUT2D eigenvalue weighted by Crippen LogP contribution is 2.24. The summed E-state index contributed by atoms with van der Waals surface area (Å²) in [7, 11) is 3.09. The van der Waals surface area contributed by atoms with Gasteiger partial charge in [-0.15, -0.1) is 0 Å². The molecule has 0 heterocycles. The summed E-state index contributed by atoms with van der Waals surface area (Å²) >= 11 is 5.91. The second kappa shape index (κ2) is 8.49. The van der Waals surface area contributed by atoms with Gasteiger partial charge >= 0.3 is 5.97 Å². The molecule has 0 aliphatic rings. The standard InChI is InChI=1S/C14H18ClNO5/c1-16(6-5-13(17)18)14(19)11-9-10(15)3-4-12(11)21-8-7-20-2/h3-4,9H,5-8H2,1-2H3,(H,17,18). The van der Waals surface area contributed by atoms with Gasteiger partial charge in [-0.25, -0.2) is 0 Å². The SMILES string of the molecule is COCCOc1ccc(Cl)cc1C(=O)N(C)CCC(=O)O. The van der Waals surface area contributed by atoms with Crippen LogP contribution < -0.4 is 4.74 Å². The number of aliphatic carboxylic acids is 1. The Morgan fingerprint density at radius 3 is 2.67 bits per heavy atom. The maximum Gasteiger partial charge on any atom is 0.305 e. The third-order valence-corrected chi connectivity index (χ3v) is 2.96. The topological polar surface area (TPSA) is 76.1 Å². The van der Waals surface area contributed by atoms with Gasteiger partial charge in [0.25, 0.3) is 5.91 Å². The van der Waals surface area contributed by atoms with Crippen LogP contribution in [-0.4, -0.2) is 55.8 Å². The van der Waals surface area contributed by atoms with Crippen LogP contribution in [0.5, 0.6) is 5.75 Å². The number of ether oxygens (including phenoxy) is 2. The molecular formula is C14H18ClNO5. The third kappa shape index (κ3) is 5.61. The van der Waals surface area contributed by atoms with E-state index in [1.54, 1.807) is 19.2 Å². The van der Waals surface area contributed by atoms with Crippen molar-refractivity contribution in [2.75, 3.05) is 33.9 Å². The molecule has 0 spiro atoms. The highest BCUT2D eigenvalue weighted by Gasteiger charge is 2.18. The van der Waals surface area contributed by atoms with E-state index >= 15 is 0 Å². The lowest BCUT2D eigenvalue weighted by atomic mass is 10.1. The average molecular weight is 316 g/mol. The van der Waals surface area contributed by atoms with Crippen LogP contribution in [0.25, 0.3) is 0 Å². The molecule has 0 saturated carbocycles. The number of methoxy groups -OCH3 is 1. The lowest BCUT2D eigenvalue weighted by Gasteiger charge is -2.18. The molecule has 0 aromatic heterocycles. The maximum atomic E-state index is 12.3. The number of carboxylic acid groups (broad SMARTS) is 1. The number of hydrogen-bond acceptors (Lipinski definition) is 4. The first-order chi connectivity index (χ1) is 9.95. The number of hydrogen-bond donors (Lipinski definition) is 1. The molecule has 0 atom stereocenters. The molecule has 0 unspecified atom stereocenters. The quantitative estimate of drug-likeness (QED) is 0.742. The minimum Gasteiger partial charge on any atom is -0.490 e. The minimum atomic E-state index is -0.961. The summed E-state index contributed by atoms with van der Waals surface area (Å²) in [5, 5.41) is 9.07. The van der Waals surface area contributed by atoms with Crippen LogP contribution in [0.3, 0.4) is 0 Å². The van der Waals surface area contributed by atoms with Crippen molar-refractivity contribution in [1.82, 2.24) is 4.90 Å². The van der Waals surface area contributed by atoms with Crippen molar-refractivity contribution in [1.29, 1.82) is 0 Å². The van der Waals surface area contributed by atoms with Crippen molar-refractivity contribution in [3.8, 4) is 5.75 Å². The van der Waals surface area contributed by atoms with Crippen molar-refractivity contribution >= 4 is 23.5 Å². The summed E-state index contributed by atoms with van der Waals surface area (Å²) in [6.45, 7) is 0.806. The lowest BCUT2D eigenvalue weighted by Crippen LogP contribution is -2.29. The van der Waals surface area contributed by atoms with E-state index in [1.807, 2.05) is 0 Å². The van der Waals surface area contributed by atoms with E-state index in [0.717, 1.165) is 0 Å². The summed E-state index contributed by atoms with van der Waals surface area (Å²) in [4.78, 5) is 24.2. The van der Waals surface area contributed by atoms with Crippen molar-refractivity contribution < 1.29 is 24.2 Å². The molecule has 0 radical (unpaired) electrons. The number of rotatable bonds is 8. The lowest BCUT2D eigenvalue weighted by molar-refractivity contribution is -0.137. The second-order valence-electron chi connectivity index (χ2n) is 4.35. The molecule has 21 heavy (non-hydrogen) atoms. The van der Waals surface area contributed by atoms with Gasteiger partial charge in [0.1, 0.15) is 12.4 Å². The van der Waals surface area contributed by atoms with Crippen LogP contribution in [0.4, 0.5) is 0 Å². The smallest absolute Gasteiger partial charge is 0.305 e. The number of carboxylic acids is 1. The Hall–Kier alpha value is -1.79. The molecule has 116 valence electrons. The first kappa shape index (κ1) is 17.3. The monoisotopic (exact) mass is 315 g/mol. The molecule has 1 amide bonds. The fourth-order valence-corrected chi connectivity index (χ4v) is 1.77. The zero-order valence-electron chi connectivity index (χ0n) is 12.0. The molecular weight excluding hydrogens is 298 g/mol. The number of benzene rings is 1. The zero-order chi connectivity index (χ0) is 15.8. The summed E-state index contributed by atoms with van der Waals surface area (Å²) in [5.41, 5.74) is 0.298. The number of carbonyl (C=O) groups excluding carboxylic acids is 1. The minimum absolute atomic E-state index is 0.109. The van der Waals surface area contributed by atoms with Gasteiger partial charge in [0.2, 0.25) is 0 Å². The van der Waals surface area contributed by atoms with E-state index in [0.29, 0.717) is 29.5 Å². The second-order valence-corrected chi connectivity index (χ2v) is 4.79. The molecule has 0 aliphatic heterocycles. The fraction of sp³-hybridized carbons (Fsp3) is 0.429. The predicted octanol–water partition coefficient (Wildman–Crippen LogP) is 1.91. The third-order valence-electron chi connectivity index (χ3n) is 2.72. The highest BCUT2D eigenvalue weighted by molar-refractivity contribution is 6.31. The van der Waals surface area contributed by atoms with Crippen molar-refractivity contribution in [3.63, 3.8) is 0 Å². The molecule has 6 nitrogen and oxygen atoms in total. The number of halogens is 1. The van der Waals surface area contributed by atoms with E-state index in [4.69, 9.17) is 26.2 Å². The Morgan fingerprint density at radius 1 is 1.33 bits per heavy atom. The largest absolute Gasteiger partial charge is 0.490 e. The summed E-state index contributed by atoms with van der Waals surface area (Å²) in [5.74, 6) is -0.910.